The van der Waals surface area contributed by atoms with Gasteiger partial charge in [-0.15, -0.1) is 0 Å². The molecule has 0 N–H and O–H groups in total. The Balaban J connectivity index is 2.51. The number of esters is 2. The van der Waals surface area contributed by atoms with E-state index in [-0.39, 0.29) is 13.0 Å². The smallest absolute Gasteiger partial charge is 0.375 e. The van der Waals surface area contributed by atoms with Crippen LogP contribution in [-0.2, 0) is 23.9 Å². The summed E-state index contributed by atoms with van der Waals surface area (Å²) in [5.41, 5.74) is 0. The predicted molar refractivity (Wildman–Crippen MR) is 36.1 cm³/mol. The third kappa shape index (κ3) is 1.61. The Kier molecular flexibility index (Phi) is 2.42. The highest BCUT2D eigenvalue weighted by Gasteiger charge is 2.37. The highest BCUT2D eigenvalue weighted by molar-refractivity contribution is 6.36. The molecule has 0 aliphatic carbocycles. The summed E-state index contributed by atoms with van der Waals surface area (Å²) in [7, 11) is 0. The van der Waals surface area contributed by atoms with Gasteiger partial charge >= 0.3 is 11.9 Å². The van der Waals surface area contributed by atoms with Crippen molar-refractivity contribution in [2.45, 2.75) is 19.4 Å². The molecule has 66 valence electrons. The van der Waals surface area contributed by atoms with Gasteiger partial charge in [0.1, 0.15) is 0 Å². The Labute approximate surface area is 68.6 Å². The summed E-state index contributed by atoms with van der Waals surface area (Å²) in [6, 6.07) is 0. The maximum Gasteiger partial charge on any atom is 0.375 e. The average molecular weight is 172 g/mol. The molecule has 0 aromatic carbocycles. The maximum atomic E-state index is 10.9. The lowest BCUT2D eigenvalue weighted by Gasteiger charge is -2.05. The molecule has 1 atom stereocenters. The molecule has 0 aromatic rings. The molecule has 1 rings (SSSR count). The van der Waals surface area contributed by atoms with Crippen LogP contribution in [0.2, 0.25) is 0 Å². The van der Waals surface area contributed by atoms with E-state index in [0.717, 1.165) is 0 Å². The number of carbonyl (C=O) groups is 3. The standard InChI is InChI=1S/C7H8O5/c1-2-11-7(10)5-3-4(8)6(9)12-5/h5H,2-3H2,1H3. The zero-order valence-corrected chi connectivity index (χ0v) is 6.53. The molecule has 1 fully saturated rings. The SMILES string of the molecule is CCOC(=O)C1CC(=O)C(=O)O1. The molecule has 0 aromatic heterocycles. The van der Waals surface area contributed by atoms with E-state index >= 15 is 0 Å². The molecule has 0 bridgehead atoms. The highest BCUT2D eigenvalue weighted by Crippen LogP contribution is 2.11. The van der Waals surface area contributed by atoms with E-state index in [2.05, 4.69) is 9.47 Å². The van der Waals surface area contributed by atoms with Crippen molar-refractivity contribution in [3.8, 4) is 0 Å². The van der Waals surface area contributed by atoms with Crippen molar-refractivity contribution in [1.29, 1.82) is 0 Å². The predicted octanol–water partition coefficient (Wildman–Crippen LogP) is -0.566. The van der Waals surface area contributed by atoms with Crippen molar-refractivity contribution in [3.63, 3.8) is 0 Å². The van der Waals surface area contributed by atoms with Crippen molar-refractivity contribution in [3.05, 3.63) is 0 Å². The van der Waals surface area contributed by atoms with Crippen LogP contribution in [-0.4, -0.2) is 30.4 Å². The molecule has 1 heterocycles. The summed E-state index contributed by atoms with van der Waals surface area (Å²) in [4.78, 5) is 32.0. The van der Waals surface area contributed by atoms with E-state index in [1.165, 1.54) is 0 Å². The molecule has 1 aliphatic heterocycles. The van der Waals surface area contributed by atoms with E-state index in [1.807, 2.05) is 0 Å². The molecule has 0 saturated carbocycles. The first kappa shape index (κ1) is 8.70. The molecular formula is C7H8O5. The van der Waals surface area contributed by atoms with E-state index < -0.39 is 23.8 Å². The molecule has 0 amide bonds. The van der Waals surface area contributed by atoms with Gasteiger partial charge in [0.05, 0.1) is 13.0 Å². The van der Waals surface area contributed by atoms with Gasteiger partial charge in [-0.2, -0.15) is 0 Å². The van der Waals surface area contributed by atoms with Gasteiger partial charge in [-0.3, -0.25) is 4.79 Å². The van der Waals surface area contributed by atoms with Crippen molar-refractivity contribution >= 4 is 17.7 Å². The number of ketones is 1. The van der Waals surface area contributed by atoms with Crippen LogP contribution < -0.4 is 0 Å². The first-order chi connectivity index (χ1) is 5.65. The minimum Gasteiger partial charge on any atom is -0.463 e. The summed E-state index contributed by atoms with van der Waals surface area (Å²) in [6.07, 6.45) is -1.22. The van der Waals surface area contributed by atoms with Gasteiger partial charge in [0.2, 0.25) is 11.9 Å². The number of ether oxygens (including phenoxy) is 2. The second-order valence-corrected chi connectivity index (χ2v) is 2.27. The Morgan fingerprint density at radius 2 is 2.33 bits per heavy atom. The lowest BCUT2D eigenvalue weighted by Crippen LogP contribution is -2.22. The molecule has 5 nitrogen and oxygen atoms in total. The van der Waals surface area contributed by atoms with Gasteiger partial charge in [-0.05, 0) is 6.92 Å². The molecule has 1 unspecified atom stereocenters. The van der Waals surface area contributed by atoms with Crippen molar-refractivity contribution < 1.29 is 23.9 Å². The Morgan fingerprint density at radius 1 is 1.67 bits per heavy atom. The lowest BCUT2D eigenvalue weighted by molar-refractivity contribution is -0.161. The Morgan fingerprint density at radius 3 is 2.75 bits per heavy atom. The van der Waals surface area contributed by atoms with E-state index in [0.29, 0.717) is 0 Å². The molecule has 1 saturated heterocycles. The number of Topliss-reactive ketones (excluding diaryl/α,β-unsaturated/α-hetero) is 1. The number of cyclic esters (lactones) is 1. The minimum absolute atomic E-state index is 0.197. The largest absolute Gasteiger partial charge is 0.463 e. The number of hydrogen-bond donors (Lipinski definition) is 0. The van der Waals surface area contributed by atoms with E-state index in [9.17, 15) is 14.4 Å². The first-order valence-electron chi connectivity index (χ1n) is 3.55. The van der Waals surface area contributed by atoms with Gasteiger partial charge in [0, 0.05) is 0 Å². The quantitative estimate of drug-likeness (QED) is 0.412. The highest BCUT2D eigenvalue weighted by atomic mass is 16.6. The van der Waals surface area contributed by atoms with Crippen LogP contribution in [0.15, 0.2) is 0 Å². The van der Waals surface area contributed by atoms with E-state index in [4.69, 9.17) is 0 Å². The van der Waals surface area contributed by atoms with Crippen molar-refractivity contribution in [2.24, 2.45) is 0 Å². The van der Waals surface area contributed by atoms with Crippen LogP contribution in [0.3, 0.4) is 0 Å². The van der Waals surface area contributed by atoms with Gasteiger partial charge in [-0.25, -0.2) is 9.59 Å². The summed E-state index contributed by atoms with van der Waals surface area (Å²) >= 11 is 0. The fourth-order valence-corrected chi connectivity index (χ4v) is 0.855. The number of rotatable bonds is 2. The Hall–Kier alpha value is -1.39. The van der Waals surface area contributed by atoms with Gasteiger partial charge < -0.3 is 9.47 Å². The first-order valence-corrected chi connectivity index (χ1v) is 3.55. The van der Waals surface area contributed by atoms with Crippen LogP contribution in [0, 0.1) is 0 Å². The second kappa shape index (κ2) is 3.34. The average Bonchev–Trinajstić information content (AvgIpc) is 2.33. The van der Waals surface area contributed by atoms with Crippen LogP contribution >= 0.6 is 0 Å². The van der Waals surface area contributed by atoms with Crippen LogP contribution in [0.25, 0.3) is 0 Å². The molecular weight excluding hydrogens is 164 g/mol. The minimum atomic E-state index is -1.02. The fraction of sp³-hybridized carbons (Fsp3) is 0.571. The molecule has 12 heavy (non-hydrogen) atoms. The van der Waals surface area contributed by atoms with Gasteiger partial charge in [0.25, 0.3) is 0 Å². The maximum absolute atomic E-state index is 10.9. The van der Waals surface area contributed by atoms with Crippen molar-refractivity contribution in [1.82, 2.24) is 0 Å². The zero-order chi connectivity index (χ0) is 9.14. The monoisotopic (exact) mass is 172 g/mol. The summed E-state index contributed by atoms with van der Waals surface area (Å²) in [6.45, 7) is 1.84. The molecule has 0 spiro atoms. The Bertz CT molecular complexity index is 216. The van der Waals surface area contributed by atoms with Gasteiger partial charge in [-0.1, -0.05) is 0 Å². The van der Waals surface area contributed by atoms with Gasteiger partial charge in [0.15, 0.2) is 0 Å². The van der Waals surface area contributed by atoms with Crippen LogP contribution in [0.1, 0.15) is 13.3 Å². The number of carbonyl (C=O) groups excluding carboxylic acids is 3. The van der Waals surface area contributed by atoms with E-state index in [1.54, 1.807) is 6.92 Å². The lowest BCUT2D eigenvalue weighted by atomic mass is 10.2. The molecule has 5 heteroatoms. The van der Waals surface area contributed by atoms with Crippen LogP contribution in [0.5, 0.6) is 0 Å². The fourth-order valence-electron chi connectivity index (χ4n) is 0.855. The number of hydrogen-bond acceptors (Lipinski definition) is 5. The molecule has 1 aliphatic rings. The summed E-state index contributed by atoms with van der Waals surface area (Å²) in [5.74, 6) is -2.28. The zero-order valence-electron chi connectivity index (χ0n) is 6.53. The second-order valence-electron chi connectivity index (χ2n) is 2.27. The normalized spacial score (nSPS) is 22.2. The third-order valence-corrected chi connectivity index (χ3v) is 1.40. The summed E-state index contributed by atoms with van der Waals surface area (Å²) in [5, 5.41) is 0. The summed E-state index contributed by atoms with van der Waals surface area (Å²) < 4.78 is 8.98. The third-order valence-electron chi connectivity index (χ3n) is 1.40. The van der Waals surface area contributed by atoms with Crippen molar-refractivity contribution in [2.75, 3.05) is 6.61 Å². The molecule has 0 radical (unpaired) electrons. The van der Waals surface area contributed by atoms with Crippen LogP contribution in [0.4, 0.5) is 0 Å². The topological polar surface area (TPSA) is 69.7 Å².